The van der Waals surface area contributed by atoms with Crippen LogP contribution in [0.1, 0.15) is 6.92 Å². The first-order chi connectivity index (χ1) is 11.7. The molecule has 0 saturated carbocycles. The average Bonchev–Trinajstić information content (AvgIpc) is 3.43. The van der Waals surface area contributed by atoms with Gasteiger partial charge in [-0.15, -0.1) is 0 Å². The van der Waals surface area contributed by atoms with Crippen LogP contribution in [-0.4, -0.2) is 35.6 Å². The zero-order valence-corrected chi connectivity index (χ0v) is 20.1. The summed E-state index contributed by atoms with van der Waals surface area (Å²) in [6, 6.07) is 0. The van der Waals surface area contributed by atoms with Gasteiger partial charge in [-0.1, -0.05) is 0 Å². The summed E-state index contributed by atoms with van der Waals surface area (Å²) in [5.74, 6) is 0.644. The molecule has 146 valence electrons. The zero-order chi connectivity index (χ0) is 18.3. The third kappa shape index (κ3) is 0.200. The van der Waals surface area contributed by atoms with Crippen molar-refractivity contribution in [3.05, 3.63) is 0 Å². The number of Topliss-reactive ketones (excluding diaryl/α,β-unsaturated/α-hetero) is 1. The van der Waals surface area contributed by atoms with Gasteiger partial charge in [0.15, 0.2) is 0 Å². The number of ketones is 1. The van der Waals surface area contributed by atoms with Crippen LogP contribution in [0, 0.1) is 0 Å². The van der Waals surface area contributed by atoms with E-state index in [9.17, 15) is 4.79 Å². The molecule has 10 rings (SSSR count). The van der Waals surface area contributed by atoms with E-state index < -0.39 is 23.1 Å². The summed E-state index contributed by atoms with van der Waals surface area (Å²) in [7, 11) is -3.05. The average molecular weight is 432 g/mol. The van der Waals surface area contributed by atoms with Crippen molar-refractivity contribution in [3.8, 4) is 0 Å². The summed E-state index contributed by atoms with van der Waals surface area (Å²) in [6.45, 7) is 14.3. The second-order valence-electron chi connectivity index (χ2n) is 15.5. The van der Waals surface area contributed by atoms with Gasteiger partial charge in [0.25, 0.3) is 0 Å². The minimum absolute atomic E-state index is 0.240. The van der Waals surface area contributed by atoms with Crippen LogP contribution >= 0.6 is 0 Å². The molecule has 26 heavy (non-hydrogen) atoms. The Balaban J connectivity index is 1.27. The maximum absolute atomic E-state index is 13.4. The van der Waals surface area contributed by atoms with E-state index in [0.717, 1.165) is 46.9 Å². The second kappa shape index (κ2) is 1.44. The first-order valence-electron chi connectivity index (χ1n) is 10.7. The summed E-state index contributed by atoms with van der Waals surface area (Å²) < 4.78 is 14.7. The normalized spacial score (nSPS) is 89.1. The van der Waals surface area contributed by atoms with Gasteiger partial charge in [0.1, 0.15) is 0 Å². The van der Waals surface area contributed by atoms with Gasteiger partial charge in [-0.3, -0.25) is 0 Å². The van der Waals surface area contributed by atoms with Gasteiger partial charge in [-0.25, -0.2) is 0 Å². The van der Waals surface area contributed by atoms with E-state index >= 15 is 0 Å². The maximum atomic E-state index is 13.4. The molecule has 9 unspecified atom stereocenters. The minimum atomic E-state index is -3.88. The predicted octanol–water partition coefficient (Wildman–Crippen LogP) is 5.78. The number of carbonyl (C=O) groups excluding carboxylic acids is 1. The van der Waals surface area contributed by atoms with Crippen molar-refractivity contribution in [1.29, 1.82) is 0 Å². The van der Waals surface area contributed by atoms with Crippen LogP contribution in [0.3, 0.4) is 0 Å². The molecule has 10 fully saturated rings. The molecule has 1 spiro atoms. The molecule has 3 nitrogen and oxygen atoms in total. The molecule has 0 N–H and O–H groups in total. The molecule has 10 aliphatic rings. The number of fused-ring (bicyclic) bond motifs is 10. The van der Waals surface area contributed by atoms with Gasteiger partial charge >= 0.3 is 149 Å². The van der Waals surface area contributed by atoms with Crippen LogP contribution in [0.4, 0.5) is 0 Å². The molecule has 0 aromatic heterocycles. The van der Waals surface area contributed by atoms with E-state index in [1.54, 1.807) is 0 Å². The van der Waals surface area contributed by atoms with Crippen molar-refractivity contribution in [2.24, 2.45) is 0 Å². The first-order valence-corrected chi connectivity index (χ1v) is 23.6. The Bertz CT molecular complexity index is 1330. The molecular formula is C20H32FeO3Si2. The van der Waals surface area contributed by atoms with Gasteiger partial charge in [0, 0.05) is 0 Å². The fourth-order valence-electron chi connectivity index (χ4n) is 20.3. The molecule has 0 aromatic carbocycles. The van der Waals surface area contributed by atoms with Crippen LogP contribution < -0.4 is 0 Å². The second-order valence-corrected chi connectivity index (χ2v) is 47.6. The molecule has 0 amide bonds. The van der Waals surface area contributed by atoms with Crippen LogP contribution in [0.25, 0.3) is 0 Å². The van der Waals surface area contributed by atoms with Crippen molar-refractivity contribution in [2.45, 2.75) is 92.9 Å². The van der Waals surface area contributed by atoms with Gasteiger partial charge in [0.2, 0.25) is 0 Å². The van der Waals surface area contributed by atoms with Gasteiger partial charge < -0.3 is 0 Å². The van der Waals surface area contributed by atoms with Crippen LogP contribution in [0.15, 0.2) is 0 Å². The molecule has 6 heteroatoms. The monoisotopic (exact) mass is 432 g/mol. The number of rotatable bonds is 7. The molecule has 9 atom stereocenters. The fourth-order valence-corrected chi connectivity index (χ4v) is 101. The van der Waals surface area contributed by atoms with E-state index in [4.69, 9.17) is 8.85 Å². The summed E-state index contributed by atoms with van der Waals surface area (Å²) in [5.41, 5.74) is 0. The van der Waals surface area contributed by atoms with Crippen LogP contribution in [-0.2, 0) is 20.2 Å². The Hall–Kier alpha value is 0.543. The van der Waals surface area contributed by atoms with E-state index in [1.807, 2.05) is 6.92 Å². The van der Waals surface area contributed by atoms with Crippen molar-refractivity contribution in [2.75, 3.05) is 13.2 Å². The Morgan fingerprint density at radius 1 is 0.846 bits per heavy atom. The summed E-state index contributed by atoms with van der Waals surface area (Å²) >= 11 is 0. The summed E-state index contributed by atoms with van der Waals surface area (Å²) in [6.07, 6.45) is 0. The van der Waals surface area contributed by atoms with E-state index in [0.29, 0.717) is 14.4 Å². The van der Waals surface area contributed by atoms with Gasteiger partial charge in [-0.05, 0) is 0 Å². The first kappa shape index (κ1) is 13.7. The number of hydrogen-bond acceptors (Lipinski definition) is 3. The third-order valence-electron chi connectivity index (χ3n) is 17.6. The van der Waals surface area contributed by atoms with Gasteiger partial charge in [-0.2, -0.15) is 0 Å². The van der Waals surface area contributed by atoms with Crippen LogP contribution in [0.5, 0.6) is 0 Å². The molecule has 10 heterocycles. The Labute approximate surface area is 148 Å². The molecule has 0 aliphatic carbocycles. The van der Waals surface area contributed by atoms with E-state index in [2.05, 4.69) is 39.3 Å². The molecular weight excluding hydrogens is 400 g/mol. The van der Waals surface area contributed by atoms with Crippen molar-refractivity contribution in [1.82, 2.24) is 0 Å². The Morgan fingerprint density at radius 3 is 1.81 bits per heavy atom. The number of carbonyl (C=O) groups is 1. The molecule has 10 aliphatic heterocycles. The molecule has 0 radical (unpaired) electrons. The molecule has 0 bridgehead atoms. The Morgan fingerprint density at radius 2 is 1.38 bits per heavy atom. The SMILES string of the molecule is CC(=O)[C]12[CH]3[CH]4[CH]5[C]1(CO[Si](C)(C)C)[Fe]45321678[CH]2[CH]1[CH]6[C]7(CO[Si](C)(C)C)[CH]28. The van der Waals surface area contributed by atoms with Crippen molar-refractivity contribution in [3.63, 3.8) is 0 Å². The summed E-state index contributed by atoms with van der Waals surface area (Å²) in [4.78, 5) is 20.9. The number of hydrogen-bond donors (Lipinski definition) is 0. The summed E-state index contributed by atoms with van der Waals surface area (Å²) in [5, 5.41) is 0. The molecule has 10 saturated heterocycles. The fraction of sp³-hybridized carbons (Fsp3) is 0.950. The topological polar surface area (TPSA) is 35.5 Å². The van der Waals surface area contributed by atoms with E-state index in [1.165, 1.54) is 0 Å². The predicted molar refractivity (Wildman–Crippen MR) is 104 cm³/mol. The van der Waals surface area contributed by atoms with Crippen molar-refractivity contribution >= 4 is 22.4 Å². The quantitative estimate of drug-likeness (QED) is 0.479. The van der Waals surface area contributed by atoms with Crippen molar-refractivity contribution < 1.29 is 20.2 Å². The standard InChI is InChI=1S/C11H17O2Si.C9H15OSi.Fe/c1-9(12)11-7-5-6-10(11)8-13-14(2,3)4;1-11(2,3)10-8-9-6-4-5-7-9;/h5-7H,8H2,1-4H3;4-7H,8H2,1-3H3;. The Kier molecular flexibility index (Phi) is 0.757. The third-order valence-corrected chi connectivity index (χ3v) is 64.0. The van der Waals surface area contributed by atoms with Gasteiger partial charge in [0.05, 0.1) is 0 Å². The van der Waals surface area contributed by atoms with Crippen LogP contribution in [0.2, 0.25) is 85.9 Å². The van der Waals surface area contributed by atoms with E-state index in [-0.39, 0.29) is 4.31 Å². The zero-order valence-electron chi connectivity index (χ0n) is 17.0. The molecule has 0 aromatic rings.